The Hall–Kier alpha value is -3.10. The van der Waals surface area contributed by atoms with E-state index < -0.39 is 0 Å². The van der Waals surface area contributed by atoms with E-state index in [1.165, 1.54) is 11.9 Å². The average Bonchev–Trinajstić information content (AvgIpc) is 2.88. The number of hydrogen-bond acceptors (Lipinski definition) is 7. The summed E-state index contributed by atoms with van der Waals surface area (Å²) in [4.78, 5) is 19.3. The fourth-order valence-electron chi connectivity index (χ4n) is 3.32. The van der Waals surface area contributed by atoms with Crippen LogP contribution in [-0.4, -0.2) is 46.6 Å². The van der Waals surface area contributed by atoms with Crippen molar-refractivity contribution in [1.82, 2.24) is 14.3 Å². The van der Waals surface area contributed by atoms with E-state index in [9.17, 15) is 4.79 Å². The van der Waals surface area contributed by atoms with Gasteiger partial charge in [-0.1, -0.05) is 57.2 Å². The quantitative estimate of drug-likeness (QED) is 0.273. The summed E-state index contributed by atoms with van der Waals surface area (Å²) in [7, 11) is 1.58. The number of aromatic nitrogens is 2. The lowest BCUT2D eigenvalue weighted by molar-refractivity contribution is -0.122. The number of benzene rings is 1. The van der Waals surface area contributed by atoms with E-state index in [-0.39, 0.29) is 11.8 Å². The van der Waals surface area contributed by atoms with Crippen molar-refractivity contribution < 1.29 is 9.53 Å². The zero-order valence-corrected chi connectivity index (χ0v) is 22.4. The number of nitrogens with two attached hydrogens (primary N) is 1. The molecule has 0 aliphatic carbocycles. The molecule has 1 amide bonds. The van der Waals surface area contributed by atoms with Gasteiger partial charge in [-0.25, -0.2) is 9.97 Å². The fraction of sp³-hybridized carbons (Fsp3) is 0.370. The molecule has 1 fully saturated rings. The van der Waals surface area contributed by atoms with Crippen molar-refractivity contribution >= 4 is 34.9 Å². The molecule has 1 aliphatic heterocycles. The largest absolute Gasteiger partial charge is 0.497 e. The first kappa shape index (κ1) is 29.9. The number of aryl methyl sites for hydroxylation is 1. The van der Waals surface area contributed by atoms with Gasteiger partial charge in [0.1, 0.15) is 17.9 Å². The van der Waals surface area contributed by atoms with E-state index in [1.807, 2.05) is 51.1 Å². The number of carbonyl (C=O) groups excluding carboxylic acids is 1. The number of methoxy groups -OCH3 is 1. The van der Waals surface area contributed by atoms with Gasteiger partial charge in [-0.3, -0.25) is 9.10 Å². The number of nitrogens with zero attached hydrogens (tertiary/aromatic N) is 3. The van der Waals surface area contributed by atoms with Crippen LogP contribution in [0, 0.1) is 12.8 Å². The lowest BCUT2D eigenvalue weighted by atomic mass is 9.98. The van der Waals surface area contributed by atoms with Crippen molar-refractivity contribution in [3.05, 3.63) is 79.0 Å². The summed E-state index contributed by atoms with van der Waals surface area (Å²) >= 11 is 1.74. The fourth-order valence-corrected chi connectivity index (χ4v) is 3.89. The summed E-state index contributed by atoms with van der Waals surface area (Å²) in [5, 5.41) is 3.26. The molecule has 3 rings (SSSR count). The number of allylic oxidation sites excluding steroid dienone is 3. The van der Waals surface area contributed by atoms with Gasteiger partial charge in [0.05, 0.1) is 12.8 Å². The summed E-state index contributed by atoms with van der Waals surface area (Å²) in [5.41, 5.74) is 8.84. The molecule has 2 aromatic rings. The first-order chi connectivity index (χ1) is 16.9. The molecule has 0 radical (unpaired) electrons. The molecule has 0 saturated carbocycles. The third-order valence-electron chi connectivity index (χ3n) is 5.18. The maximum absolute atomic E-state index is 10.7. The molecule has 35 heavy (non-hydrogen) atoms. The van der Waals surface area contributed by atoms with E-state index in [4.69, 9.17) is 10.5 Å². The maximum Gasteiger partial charge on any atom is 0.220 e. The Morgan fingerprint density at radius 3 is 2.49 bits per heavy atom. The highest BCUT2D eigenvalue weighted by atomic mass is 32.2. The number of anilines is 2. The van der Waals surface area contributed by atoms with E-state index in [0.29, 0.717) is 11.6 Å². The summed E-state index contributed by atoms with van der Waals surface area (Å²) in [6.45, 7) is 15.6. The zero-order valence-electron chi connectivity index (χ0n) is 21.6. The molecule has 1 aromatic heterocycles. The lowest BCUT2D eigenvalue weighted by Crippen LogP contribution is -2.35. The second-order valence-electron chi connectivity index (χ2n) is 7.51. The van der Waals surface area contributed by atoms with Crippen molar-refractivity contribution in [2.75, 3.05) is 31.8 Å². The van der Waals surface area contributed by atoms with Gasteiger partial charge < -0.3 is 15.8 Å². The van der Waals surface area contributed by atoms with E-state index in [1.54, 1.807) is 25.1 Å². The smallest absolute Gasteiger partial charge is 0.220 e. The minimum Gasteiger partial charge on any atom is -0.497 e. The predicted molar refractivity (Wildman–Crippen MR) is 149 cm³/mol. The highest BCUT2D eigenvalue weighted by molar-refractivity contribution is 7.96. The van der Waals surface area contributed by atoms with E-state index in [0.717, 1.165) is 42.9 Å². The summed E-state index contributed by atoms with van der Waals surface area (Å²) < 4.78 is 7.47. The molecule has 3 N–H and O–H groups in total. The Labute approximate surface area is 214 Å². The predicted octanol–water partition coefficient (Wildman–Crippen LogP) is 5.75. The minimum atomic E-state index is -0.134. The van der Waals surface area contributed by atoms with Gasteiger partial charge in [-0.2, -0.15) is 0 Å². The second kappa shape index (κ2) is 16.5. The molecule has 1 saturated heterocycles. The number of nitrogens with one attached hydrogen (secondary N) is 1. The molecular formula is C27H39N5O2S. The van der Waals surface area contributed by atoms with Crippen LogP contribution in [0.5, 0.6) is 0 Å². The molecule has 2 heterocycles. The topological polar surface area (TPSA) is 93.4 Å². The van der Waals surface area contributed by atoms with Crippen LogP contribution >= 0.6 is 11.9 Å². The number of carbonyl (C=O) groups is 1. The monoisotopic (exact) mass is 497 g/mol. The summed E-state index contributed by atoms with van der Waals surface area (Å²) in [6.07, 6.45) is 8.91. The molecule has 0 bridgehead atoms. The van der Waals surface area contributed by atoms with Crippen LogP contribution in [0.3, 0.4) is 0 Å². The number of hydrogen-bond donors (Lipinski definition) is 2. The van der Waals surface area contributed by atoms with Gasteiger partial charge in [0, 0.05) is 36.3 Å². The van der Waals surface area contributed by atoms with Crippen molar-refractivity contribution in [2.45, 2.75) is 33.6 Å². The number of amides is 1. The van der Waals surface area contributed by atoms with Crippen molar-refractivity contribution in [2.24, 2.45) is 11.7 Å². The Morgan fingerprint density at radius 1 is 1.26 bits per heavy atom. The Balaban J connectivity index is 0.000000395. The van der Waals surface area contributed by atoms with E-state index in [2.05, 4.69) is 45.1 Å². The first-order valence-electron chi connectivity index (χ1n) is 11.7. The molecule has 190 valence electrons. The number of rotatable bonds is 8. The van der Waals surface area contributed by atoms with Gasteiger partial charge in [-0.05, 0) is 49.8 Å². The van der Waals surface area contributed by atoms with Crippen LogP contribution < -0.4 is 11.1 Å². The van der Waals surface area contributed by atoms with Gasteiger partial charge in [0.15, 0.2) is 0 Å². The third kappa shape index (κ3) is 10.4. The van der Waals surface area contributed by atoms with Crippen LogP contribution in [0.4, 0.5) is 11.5 Å². The molecular weight excluding hydrogens is 458 g/mol. The van der Waals surface area contributed by atoms with Gasteiger partial charge in [-0.15, -0.1) is 0 Å². The molecule has 0 unspecified atom stereocenters. The van der Waals surface area contributed by atoms with Crippen LogP contribution in [0.1, 0.15) is 37.9 Å². The molecule has 1 aromatic carbocycles. The van der Waals surface area contributed by atoms with Gasteiger partial charge >= 0.3 is 0 Å². The number of primary amides is 1. The van der Waals surface area contributed by atoms with Crippen LogP contribution in [-0.2, 0) is 9.53 Å². The SMILES string of the molecule is C=C/C=C(\C(=C)OC)c1cc(Nc2cccc(C)c2)ncn1.CC.CSN1CCC(C(N)=O)CC1. The maximum atomic E-state index is 10.7. The zero-order chi connectivity index (χ0) is 26.2. The van der Waals surface area contributed by atoms with Crippen molar-refractivity contribution in [1.29, 1.82) is 0 Å². The van der Waals surface area contributed by atoms with Gasteiger partial charge in [0.2, 0.25) is 5.91 Å². The summed E-state index contributed by atoms with van der Waals surface area (Å²) in [5.74, 6) is 1.22. The molecule has 8 heteroatoms. The highest BCUT2D eigenvalue weighted by Gasteiger charge is 2.22. The first-order valence-corrected chi connectivity index (χ1v) is 12.9. The van der Waals surface area contributed by atoms with Crippen molar-refractivity contribution in [3.8, 4) is 0 Å². The number of ether oxygens (including phenoxy) is 1. The average molecular weight is 498 g/mol. The normalized spacial score (nSPS) is 13.9. The minimum absolute atomic E-state index is 0.124. The van der Waals surface area contributed by atoms with Crippen molar-refractivity contribution in [3.63, 3.8) is 0 Å². The highest BCUT2D eigenvalue weighted by Crippen LogP contribution is 2.24. The standard InChI is InChI=1S/C18H19N3O.C7H14N2OS.C2H6/c1-5-7-16(14(3)22-4)17-11-18(20-12-19-17)21-15-9-6-8-13(2)10-15;1-11-9-4-2-6(3-5-9)7(8)10;1-2/h5-12H,1,3H2,2,4H3,(H,19,20,21);6H,2-5H2,1H3,(H2,8,10);1-2H3/b16-7+;;. The third-order valence-corrected chi connectivity index (χ3v) is 6.06. The number of piperidine rings is 1. The Morgan fingerprint density at radius 2 is 1.94 bits per heavy atom. The second-order valence-corrected chi connectivity index (χ2v) is 8.40. The van der Waals surface area contributed by atoms with E-state index >= 15 is 0 Å². The molecule has 0 spiro atoms. The van der Waals surface area contributed by atoms with Crippen LogP contribution in [0.15, 0.2) is 67.7 Å². The lowest BCUT2D eigenvalue weighted by Gasteiger charge is -2.28. The summed E-state index contributed by atoms with van der Waals surface area (Å²) in [6, 6.07) is 9.93. The molecule has 0 atom stereocenters. The van der Waals surface area contributed by atoms with Crippen LogP contribution in [0.2, 0.25) is 0 Å². The Bertz CT molecular complexity index is 985. The molecule has 7 nitrogen and oxygen atoms in total. The van der Waals surface area contributed by atoms with Crippen LogP contribution in [0.25, 0.3) is 5.57 Å². The Kier molecular flexibility index (Phi) is 14.1. The molecule has 1 aliphatic rings. The van der Waals surface area contributed by atoms with Gasteiger partial charge in [0.25, 0.3) is 0 Å².